The highest BCUT2D eigenvalue weighted by Gasteiger charge is 2.16. The molecule has 0 spiro atoms. The molecular weight excluding hydrogens is 194 g/mol. The molecule has 4 heteroatoms. The van der Waals surface area contributed by atoms with E-state index in [-0.39, 0.29) is 0 Å². The van der Waals surface area contributed by atoms with Gasteiger partial charge in [0, 0.05) is 12.1 Å². The van der Waals surface area contributed by atoms with Crippen LogP contribution in [-0.4, -0.2) is 20.3 Å². The molecule has 0 atom stereocenters. The maximum absolute atomic E-state index is 5.59. The fourth-order valence-corrected chi connectivity index (χ4v) is 1.66. The molecule has 0 bridgehead atoms. The van der Waals surface area contributed by atoms with Crippen LogP contribution in [0, 0.1) is 6.92 Å². The summed E-state index contributed by atoms with van der Waals surface area (Å²) in [6.07, 6.45) is 0. The Balaban J connectivity index is 2.30. The van der Waals surface area contributed by atoms with Crippen LogP contribution in [0.2, 0.25) is 0 Å². The molecule has 2 rings (SSSR count). The van der Waals surface area contributed by atoms with E-state index in [2.05, 4.69) is 11.5 Å². The quantitative estimate of drug-likeness (QED) is 0.764. The molecule has 4 nitrogen and oxygen atoms in total. The number of benzene rings is 1. The number of fused-ring (bicyclic) bond motifs is 1. The predicted octanol–water partition coefficient (Wildman–Crippen LogP) is 1.42. The number of hydrogen-bond acceptors (Lipinski definition) is 4. The first-order chi connectivity index (χ1) is 7.31. The van der Waals surface area contributed by atoms with Crippen molar-refractivity contribution >= 4 is 0 Å². The Kier molecular flexibility index (Phi) is 3.08. The number of ether oxygens (including phenoxy) is 2. The van der Waals surface area contributed by atoms with E-state index in [0.717, 1.165) is 22.6 Å². The van der Waals surface area contributed by atoms with E-state index >= 15 is 0 Å². The Hall–Kier alpha value is -1.26. The van der Waals surface area contributed by atoms with Crippen LogP contribution in [0.3, 0.4) is 0 Å². The van der Waals surface area contributed by atoms with Crippen LogP contribution < -0.4 is 15.0 Å². The lowest BCUT2D eigenvalue weighted by molar-refractivity contribution is 0.0848. The van der Waals surface area contributed by atoms with Gasteiger partial charge in [-0.15, -0.1) is 0 Å². The number of aryl methyl sites for hydroxylation is 1. The second kappa shape index (κ2) is 4.51. The van der Waals surface area contributed by atoms with E-state index in [4.69, 9.17) is 14.3 Å². The monoisotopic (exact) mass is 209 g/mol. The Morgan fingerprint density at radius 1 is 1.33 bits per heavy atom. The first-order valence-corrected chi connectivity index (χ1v) is 4.96. The van der Waals surface area contributed by atoms with Crippen molar-refractivity contribution in [3.8, 4) is 11.5 Å². The Labute approximate surface area is 89.1 Å². The van der Waals surface area contributed by atoms with Gasteiger partial charge in [-0.25, -0.2) is 0 Å². The summed E-state index contributed by atoms with van der Waals surface area (Å²) in [6.45, 7) is 3.88. The van der Waals surface area contributed by atoms with Crippen LogP contribution in [-0.2, 0) is 11.4 Å². The summed E-state index contributed by atoms with van der Waals surface area (Å²) >= 11 is 0. The second-order valence-corrected chi connectivity index (χ2v) is 3.47. The number of hydrogen-bond donors (Lipinski definition) is 1. The molecule has 0 unspecified atom stereocenters. The van der Waals surface area contributed by atoms with Crippen LogP contribution in [0.25, 0.3) is 0 Å². The van der Waals surface area contributed by atoms with Crippen molar-refractivity contribution in [2.24, 2.45) is 0 Å². The highest BCUT2D eigenvalue weighted by Crippen LogP contribution is 2.34. The smallest absolute Gasteiger partial charge is 0.165 e. The average molecular weight is 209 g/mol. The Morgan fingerprint density at radius 3 is 2.93 bits per heavy atom. The minimum Gasteiger partial charge on any atom is -0.486 e. The summed E-state index contributed by atoms with van der Waals surface area (Å²) in [6, 6.07) is 4.06. The van der Waals surface area contributed by atoms with Crippen molar-refractivity contribution in [3.63, 3.8) is 0 Å². The third-order valence-electron chi connectivity index (χ3n) is 2.27. The first-order valence-electron chi connectivity index (χ1n) is 4.96. The lowest BCUT2D eigenvalue weighted by Gasteiger charge is -2.21. The molecule has 1 aliphatic rings. The van der Waals surface area contributed by atoms with E-state index in [1.54, 1.807) is 7.11 Å². The third-order valence-corrected chi connectivity index (χ3v) is 2.27. The fourth-order valence-electron chi connectivity index (χ4n) is 1.66. The van der Waals surface area contributed by atoms with Gasteiger partial charge in [0.1, 0.15) is 13.2 Å². The average Bonchev–Trinajstić information content (AvgIpc) is 2.25. The van der Waals surface area contributed by atoms with Crippen LogP contribution >= 0.6 is 0 Å². The van der Waals surface area contributed by atoms with Gasteiger partial charge < -0.3 is 14.3 Å². The fraction of sp³-hybridized carbons (Fsp3) is 0.455. The van der Waals surface area contributed by atoms with Gasteiger partial charge in [0.15, 0.2) is 11.5 Å². The van der Waals surface area contributed by atoms with Crippen LogP contribution in [0.5, 0.6) is 11.5 Å². The molecule has 1 aromatic rings. The molecule has 0 saturated heterocycles. The summed E-state index contributed by atoms with van der Waals surface area (Å²) in [5.41, 5.74) is 5.03. The topological polar surface area (TPSA) is 39.7 Å². The van der Waals surface area contributed by atoms with Gasteiger partial charge in [-0.1, -0.05) is 6.07 Å². The SMILES string of the molecule is CONCc1cc(C)cc2c1OCCO2. The van der Waals surface area contributed by atoms with Crippen molar-refractivity contribution in [3.05, 3.63) is 23.3 Å². The maximum Gasteiger partial charge on any atom is 0.165 e. The lowest BCUT2D eigenvalue weighted by Crippen LogP contribution is -2.19. The molecule has 0 saturated carbocycles. The summed E-state index contributed by atoms with van der Waals surface area (Å²) in [5.74, 6) is 1.66. The Morgan fingerprint density at radius 2 is 2.13 bits per heavy atom. The van der Waals surface area contributed by atoms with E-state index < -0.39 is 0 Å². The Bertz CT molecular complexity index is 352. The molecule has 1 N–H and O–H groups in total. The molecule has 82 valence electrons. The van der Waals surface area contributed by atoms with Crippen LogP contribution in [0.1, 0.15) is 11.1 Å². The molecular formula is C11H15NO3. The molecule has 0 fully saturated rings. The van der Waals surface area contributed by atoms with Crippen LogP contribution in [0.4, 0.5) is 0 Å². The van der Waals surface area contributed by atoms with Gasteiger partial charge in [0.2, 0.25) is 0 Å². The summed E-state index contributed by atoms with van der Waals surface area (Å²) in [5, 5.41) is 0. The van der Waals surface area contributed by atoms with Gasteiger partial charge in [-0.05, 0) is 18.6 Å². The zero-order valence-electron chi connectivity index (χ0n) is 9.00. The van der Waals surface area contributed by atoms with E-state index in [0.29, 0.717) is 19.8 Å². The molecule has 15 heavy (non-hydrogen) atoms. The zero-order valence-corrected chi connectivity index (χ0v) is 9.00. The molecule has 1 aromatic carbocycles. The zero-order chi connectivity index (χ0) is 10.7. The largest absolute Gasteiger partial charge is 0.486 e. The molecule has 1 aliphatic heterocycles. The minimum absolute atomic E-state index is 0.607. The van der Waals surface area contributed by atoms with E-state index in [1.165, 1.54) is 0 Å². The van der Waals surface area contributed by atoms with E-state index in [1.807, 2.05) is 13.0 Å². The number of hydroxylamine groups is 1. The molecule has 0 aromatic heterocycles. The van der Waals surface area contributed by atoms with E-state index in [9.17, 15) is 0 Å². The highest BCUT2D eigenvalue weighted by molar-refractivity contribution is 5.49. The molecule has 1 heterocycles. The summed E-state index contributed by atoms with van der Waals surface area (Å²) in [7, 11) is 1.60. The molecule has 0 amide bonds. The standard InChI is InChI=1S/C11H15NO3/c1-8-5-9(7-12-13-2)11-10(6-8)14-3-4-15-11/h5-6,12H,3-4,7H2,1-2H3. The summed E-state index contributed by atoms with van der Waals surface area (Å²) < 4.78 is 11.1. The van der Waals surface area contributed by atoms with Gasteiger partial charge in [0.05, 0.1) is 7.11 Å². The molecule has 0 radical (unpaired) electrons. The van der Waals surface area contributed by atoms with Crippen molar-refractivity contribution in [2.75, 3.05) is 20.3 Å². The third kappa shape index (κ3) is 2.22. The lowest BCUT2D eigenvalue weighted by atomic mass is 10.1. The minimum atomic E-state index is 0.607. The normalized spacial score (nSPS) is 14.0. The van der Waals surface area contributed by atoms with Gasteiger partial charge >= 0.3 is 0 Å². The van der Waals surface area contributed by atoms with Crippen LogP contribution in [0.15, 0.2) is 12.1 Å². The van der Waals surface area contributed by atoms with Crippen molar-refractivity contribution in [1.82, 2.24) is 5.48 Å². The molecule has 0 aliphatic carbocycles. The predicted molar refractivity (Wildman–Crippen MR) is 56.0 cm³/mol. The van der Waals surface area contributed by atoms with Gasteiger partial charge in [-0.3, -0.25) is 0 Å². The maximum atomic E-state index is 5.59. The number of nitrogens with one attached hydrogen (secondary N) is 1. The second-order valence-electron chi connectivity index (χ2n) is 3.47. The van der Waals surface area contributed by atoms with Crippen molar-refractivity contribution in [2.45, 2.75) is 13.5 Å². The van der Waals surface area contributed by atoms with Gasteiger partial charge in [0.25, 0.3) is 0 Å². The number of rotatable bonds is 3. The first kappa shape index (κ1) is 10.3. The van der Waals surface area contributed by atoms with Crippen molar-refractivity contribution in [1.29, 1.82) is 0 Å². The van der Waals surface area contributed by atoms with Crippen molar-refractivity contribution < 1.29 is 14.3 Å². The highest BCUT2D eigenvalue weighted by atomic mass is 16.6. The summed E-state index contributed by atoms with van der Waals surface area (Å²) in [4.78, 5) is 4.83. The van der Waals surface area contributed by atoms with Gasteiger partial charge in [-0.2, -0.15) is 5.48 Å².